The van der Waals surface area contributed by atoms with Crippen molar-refractivity contribution in [2.45, 2.75) is 6.17 Å². The molecule has 1 unspecified atom stereocenters. The van der Waals surface area contributed by atoms with Gasteiger partial charge in [-0.1, -0.05) is 18.2 Å². The van der Waals surface area contributed by atoms with Gasteiger partial charge in [-0.15, -0.1) is 0 Å². The van der Waals surface area contributed by atoms with E-state index >= 15 is 0 Å². The maximum Gasteiger partial charge on any atom is 0.261 e. The van der Waals surface area contributed by atoms with E-state index in [9.17, 15) is 18.8 Å². The molecule has 24 heavy (non-hydrogen) atoms. The number of hydrogen-bond acceptors (Lipinski definition) is 4. The Kier molecular flexibility index (Phi) is 4.46. The summed E-state index contributed by atoms with van der Waals surface area (Å²) in [7, 11) is 1.50. The van der Waals surface area contributed by atoms with E-state index in [4.69, 9.17) is 4.74 Å². The first-order valence-corrected chi connectivity index (χ1v) is 7.37. The molecule has 0 aliphatic carbocycles. The van der Waals surface area contributed by atoms with Gasteiger partial charge in [0.25, 0.3) is 5.91 Å². The van der Waals surface area contributed by atoms with Crippen molar-refractivity contribution in [1.29, 1.82) is 0 Å². The average molecular weight is 334 g/mol. The lowest BCUT2D eigenvalue weighted by molar-refractivity contribution is -0.122. The number of benzene rings is 2. The number of methoxy groups -OCH3 is 1. The summed E-state index contributed by atoms with van der Waals surface area (Å²) in [6.45, 7) is 0.314. The minimum absolute atomic E-state index is 0.144. The van der Waals surface area contributed by atoms with Crippen molar-refractivity contribution in [3.63, 3.8) is 0 Å². The number of hydroxylamine groups is 2. The van der Waals surface area contributed by atoms with Crippen LogP contribution in [0.5, 0.6) is 5.75 Å². The van der Waals surface area contributed by atoms with Crippen LogP contribution in [0.25, 0.3) is 0 Å². The molecular formula is C17H16F2N2O3. The first-order chi connectivity index (χ1) is 11.5. The van der Waals surface area contributed by atoms with Crippen molar-refractivity contribution in [3.05, 3.63) is 65.2 Å². The van der Waals surface area contributed by atoms with Gasteiger partial charge < -0.3 is 14.8 Å². The molecule has 126 valence electrons. The highest BCUT2D eigenvalue weighted by molar-refractivity contribution is 5.95. The largest absolute Gasteiger partial charge is 0.497 e. The van der Waals surface area contributed by atoms with Crippen LogP contribution in [0.1, 0.15) is 22.1 Å². The van der Waals surface area contributed by atoms with Gasteiger partial charge in [0.2, 0.25) is 0 Å². The summed E-state index contributed by atoms with van der Waals surface area (Å²) in [6.07, 6.45) is -0.841. The fourth-order valence-corrected chi connectivity index (χ4v) is 2.83. The van der Waals surface area contributed by atoms with Crippen LogP contribution in [0, 0.1) is 11.6 Å². The van der Waals surface area contributed by atoms with Crippen LogP contribution in [-0.4, -0.2) is 41.3 Å². The van der Waals surface area contributed by atoms with Gasteiger partial charge in [-0.05, 0) is 29.8 Å². The van der Waals surface area contributed by atoms with E-state index in [1.54, 1.807) is 24.3 Å². The van der Waals surface area contributed by atoms with Gasteiger partial charge in [-0.3, -0.25) is 4.79 Å². The van der Waals surface area contributed by atoms with Gasteiger partial charge in [-0.25, -0.2) is 8.78 Å². The Morgan fingerprint density at radius 3 is 2.50 bits per heavy atom. The lowest BCUT2D eigenvalue weighted by atomic mass is 10.1. The van der Waals surface area contributed by atoms with Crippen molar-refractivity contribution in [2.75, 3.05) is 20.2 Å². The third-order valence-corrected chi connectivity index (χ3v) is 3.98. The van der Waals surface area contributed by atoms with Gasteiger partial charge in [0.1, 0.15) is 29.1 Å². The van der Waals surface area contributed by atoms with Gasteiger partial charge in [0.15, 0.2) is 0 Å². The summed E-state index contributed by atoms with van der Waals surface area (Å²) in [5.41, 5.74) is -0.0415. The van der Waals surface area contributed by atoms with Crippen molar-refractivity contribution >= 4 is 5.91 Å². The van der Waals surface area contributed by atoms with Crippen LogP contribution < -0.4 is 4.74 Å². The Bertz CT molecular complexity index is 749. The molecular weight excluding hydrogens is 318 g/mol. The van der Waals surface area contributed by atoms with E-state index < -0.39 is 29.3 Å². The van der Waals surface area contributed by atoms with E-state index in [1.165, 1.54) is 18.1 Å². The van der Waals surface area contributed by atoms with Crippen LogP contribution in [0.4, 0.5) is 8.78 Å². The van der Waals surface area contributed by atoms with Crippen LogP contribution >= 0.6 is 0 Å². The smallest absolute Gasteiger partial charge is 0.261 e. The zero-order valence-electron chi connectivity index (χ0n) is 12.9. The monoisotopic (exact) mass is 334 g/mol. The number of carbonyl (C=O) groups excluding carboxylic acids is 1. The predicted octanol–water partition coefficient (Wildman–Crippen LogP) is 2.82. The first-order valence-electron chi connectivity index (χ1n) is 7.37. The second-order valence-corrected chi connectivity index (χ2v) is 5.41. The maximum absolute atomic E-state index is 13.9. The van der Waals surface area contributed by atoms with Crippen molar-refractivity contribution in [1.82, 2.24) is 9.96 Å². The molecule has 5 nitrogen and oxygen atoms in total. The molecule has 1 N–H and O–H groups in total. The SMILES string of the molecule is COc1cccc(C2N(O)CCN2C(=O)c2c(F)cccc2F)c1. The molecule has 1 aliphatic heterocycles. The molecule has 0 radical (unpaired) electrons. The number of ether oxygens (including phenoxy) is 1. The molecule has 1 heterocycles. The average Bonchev–Trinajstić information content (AvgIpc) is 2.96. The van der Waals surface area contributed by atoms with Crippen molar-refractivity contribution in [3.8, 4) is 5.75 Å². The number of amides is 1. The topological polar surface area (TPSA) is 53.0 Å². The molecule has 7 heteroatoms. The van der Waals surface area contributed by atoms with Crippen LogP contribution in [-0.2, 0) is 0 Å². The Morgan fingerprint density at radius 2 is 1.83 bits per heavy atom. The number of halogens is 2. The molecule has 1 aliphatic rings. The summed E-state index contributed by atoms with van der Waals surface area (Å²) < 4.78 is 33.0. The van der Waals surface area contributed by atoms with Crippen LogP contribution in [0.3, 0.4) is 0 Å². The molecule has 3 rings (SSSR count). The number of hydrogen-bond donors (Lipinski definition) is 1. The zero-order chi connectivity index (χ0) is 17.3. The molecule has 1 fully saturated rings. The maximum atomic E-state index is 13.9. The molecule has 1 saturated heterocycles. The molecule has 1 atom stereocenters. The summed E-state index contributed by atoms with van der Waals surface area (Å²) in [5.74, 6) is -2.12. The van der Waals surface area contributed by atoms with Gasteiger partial charge >= 0.3 is 0 Å². The summed E-state index contributed by atoms with van der Waals surface area (Å²) in [5, 5.41) is 11.1. The highest BCUT2D eigenvalue weighted by atomic mass is 19.1. The minimum Gasteiger partial charge on any atom is -0.497 e. The standard InChI is InChI=1S/C17H16F2N2O3/c1-24-12-5-2-4-11(10-12)16-20(8-9-21(16)23)17(22)15-13(18)6-3-7-14(15)19/h2-7,10,16,23H,8-9H2,1H3. The molecule has 0 spiro atoms. The fourth-order valence-electron chi connectivity index (χ4n) is 2.83. The second-order valence-electron chi connectivity index (χ2n) is 5.41. The molecule has 2 aromatic carbocycles. The number of rotatable bonds is 3. The Balaban J connectivity index is 1.98. The van der Waals surface area contributed by atoms with E-state index in [0.717, 1.165) is 17.2 Å². The number of carbonyl (C=O) groups is 1. The third kappa shape index (κ3) is 2.83. The number of nitrogens with zero attached hydrogens (tertiary/aromatic N) is 2. The Labute approximate surface area is 137 Å². The molecule has 2 aromatic rings. The summed E-state index contributed by atoms with van der Waals surface area (Å²) in [4.78, 5) is 13.9. The van der Waals surface area contributed by atoms with Crippen LogP contribution in [0.15, 0.2) is 42.5 Å². The molecule has 0 saturated carbocycles. The Hall–Kier alpha value is -2.51. The molecule has 0 aromatic heterocycles. The van der Waals surface area contributed by atoms with E-state index in [2.05, 4.69) is 0 Å². The lowest BCUT2D eigenvalue weighted by Gasteiger charge is -2.27. The van der Waals surface area contributed by atoms with Crippen LogP contribution in [0.2, 0.25) is 0 Å². The predicted molar refractivity (Wildman–Crippen MR) is 81.6 cm³/mol. The quantitative estimate of drug-likeness (QED) is 0.938. The summed E-state index contributed by atoms with van der Waals surface area (Å²) >= 11 is 0. The third-order valence-electron chi connectivity index (χ3n) is 3.98. The van der Waals surface area contributed by atoms with Gasteiger partial charge in [0, 0.05) is 13.1 Å². The van der Waals surface area contributed by atoms with Crippen molar-refractivity contribution in [2.24, 2.45) is 0 Å². The van der Waals surface area contributed by atoms with E-state index in [0.29, 0.717) is 11.3 Å². The fraction of sp³-hybridized carbons (Fsp3) is 0.235. The zero-order valence-corrected chi connectivity index (χ0v) is 12.9. The Morgan fingerprint density at radius 1 is 1.17 bits per heavy atom. The highest BCUT2D eigenvalue weighted by Crippen LogP contribution is 2.32. The highest BCUT2D eigenvalue weighted by Gasteiger charge is 2.38. The lowest BCUT2D eigenvalue weighted by Crippen LogP contribution is -2.35. The second kappa shape index (κ2) is 6.54. The first kappa shape index (κ1) is 16.4. The summed E-state index contributed by atoms with van der Waals surface area (Å²) in [6, 6.07) is 10.1. The van der Waals surface area contributed by atoms with Gasteiger partial charge in [-0.2, -0.15) is 5.06 Å². The molecule has 1 amide bonds. The van der Waals surface area contributed by atoms with E-state index in [1.807, 2.05) is 0 Å². The van der Waals surface area contributed by atoms with Gasteiger partial charge in [0.05, 0.1) is 7.11 Å². The van der Waals surface area contributed by atoms with Crippen molar-refractivity contribution < 1.29 is 23.5 Å². The normalized spacial score (nSPS) is 18.0. The molecule has 0 bridgehead atoms. The van der Waals surface area contributed by atoms with E-state index in [-0.39, 0.29) is 13.1 Å². The minimum atomic E-state index is -0.930.